The summed E-state index contributed by atoms with van der Waals surface area (Å²) in [6.07, 6.45) is 5.47. The van der Waals surface area contributed by atoms with Gasteiger partial charge in [-0.3, -0.25) is 9.78 Å². The molecule has 4 nitrogen and oxygen atoms in total. The molecule has 0 radical (unpaired) electrons. The first-order chi connectivity index (χ1) is 7.77. The molecule has 0 fully saturated rings. The van der Waals surface area contributed by atoms with Crippen LogP contribution >= 0.6 is 0 Å². The van der Waals surface area contributed by atoms with Crippen molar-refractivity contribution in [2.75, 3.05) is 13.1 Å². The van der Waals surface area contributed by atoms with Gasteiger partial charge >= 0.3 is 0 Å². The maximum absolute atomic E-state index is 11.5. The molecule has 1 atom stereocenters. The van der Waals surface area contributed by atoms with E-state index in [2.05, 4.69) is 16.9 Å². The fourth-order valence-electron chi connectivity index (χ4n) is 1.45. The normalized spacial score (nSPS) is 11.8. The van der Waals surface area contributed by atoms with E-state index in [4.69, 9.17) is 5.73 Å². The Bertz CT molecular complexity index is 337. The minimum absolute atomic E-state index is 0.00726. The van der Waals surface area contributed by atoms with Gasteiger partial charge in [0.1, 0.15) is 0 Å². The number of amides is 1. The molecule has 0 aromatic carbocycles. The van der Waals surface area contributed by atoms with E-state index >= 15 is 0 Å². The molecular weight excluding hydrogens is 202 g/mol. The summed E-state index contributed by atoms with van der Waals surface area (Å²) >= 11 is 0. The van der Waals surface area contributed by atoms with Gasteiger partial charge in [-0.15, -0.1) is 6.58 Å². The smallest absolute Gasteiger partial charge is 0.220 e. The van der Waals surface area contributed by atoms with Crippen molar-refractivity contribution in [3.63, 3.8) is 0 Å². The van der Waals surface area contributed by atoms with Gasteiger partial charge in [-0.1, -0.05) is 6.08 Å². The molecule has 1 rings (SSSR count). The SMILES string of the molecule is C=CCNC(=O)CC(CN)c1ccncc1. The third-order valence-electron chi connectivity index (χ3n) is 2.34. The first-order valence-electron chi connectivity index (χ1n) is 5.25. The molecular formula is C12H17N3O. The zero-order valence-corrected chi connectivity index (χ0v) is 9.23. The second-order valence-electron chi connectivity index (χ2n) is 3.51. The lowest BCUT2D eigenvalue weighted by Gasteiger charge is -2.14. The van der Waals surface area contributed by atoms with Crippen molar-refractivity contribution < 1.29 is 4.79 Å². The second-order valence-corrected chi connectivity index (χ2v) is 3.51. The van der Waals surface area contributed by atoms with Crippen LogP contribution < -0.4 is 11.1 Å². The van der Waals surface area contributed by atoms with Gasteiger partial charge in [0.25, 0.3) is 0 Å². The summed E-state index contributed by atoms with van der Waals surface area (Å²) < 4.78 is 0. The maximum Gasteiger partial charge on any atom is 0.220 e. The van der Waals surface area contributed by atoms with Gasteiger partial charge in [0.15, 0.2) is 0 Å². The van der Waals surface area contributed by atoms with E-state index in [1.807, 2.05) is 12.1 Å². The fourth-order valence-corrected chi connectivity index (χ4v) is 1.45. The van der Waals surface area contributed by atoms with E-state index in [-0.39, 0.29) is 11.8 Å². The highest BCUT2D eigenvalue weighted by Gasteiger charge is 2.13. The van der Waals surface area contributed by atoms with Gasteiger partial charge in [0.05, 0.1) is 0 Å². The van der Waals surface area contributed by atoms with E-state index < -0.39 is 0 Å². The molecule has 1 amide bonds. The van der Waals surface area contributed by atoms with E-state index in [0.29, 0.717) is 19.5 Å². The third kappa shape index (κ3) is 3.82. The number of hydrogen-bond donors (Lipinski definition) is 2. The first kappa shape index (κ1) is 12.4. The van der Waals surface area contributed by atoms with Crippen molar-refractivity contribution >= 4 is 5.91 Å². The quantitative estimate of drug-likeness (QED) is 0.696. The zero-order valence-electron chi connectivity index (χ0n) is 9.23. The lowest BCUT2D eigenvalue weighted by Crippen LogP contribution is -2.27. The zero-order chi connectivity index (χ0) is 11.8. The number of nitrogens with zero attached hydrogens (tertiary/aromatic N) is 1. The third-order valence-corrected chi connectivity index (χ3v) is 2.34. The number of hydrogen-bond acceptors (Lipinski definition) is 3. The average molecular weight is 219 g/mol. The maximum atomic E-state index is 11.5. The van der Waals surface area contributed by atoms with Crippen molar-refractivity contribution in [1.82, 2.24) is 10.3 Å². The lowest BCUT2D eigenvalue weighted by molar-refractivity contribution is -0.121. The summed E-state index contributed by atoms with van der Waals surface area (Å²) in [5.74, 6) is 0.0416. The average Bonchev–Trinajstić information content (AvgIpc) is 2.34. The number of carbonyl (C=O) groups excluding carboxylic acids is 1. The molecule has 0 spiro atoms. The molecule has 0 saturated heterocycles. The Hall–Kier alpha value is -1.68. The minimum Gasteiger partial charge on any atom is -0.353 e. The summed E-state index contributed by atoms with van der Waals surface area (Å²) in [5, 5.41) is 2.74. The highest BCUT2D eigenvalue weighted by Crippen LogP contribution is 2.16. The minimum atomic E-state index is -0.00726. The molecule has 1 heterocycles. The molecule has 0 aliphatic rings. The van der Waals surface area contributed by atoms with Gasteiger partial charge in [0.2, 0.25) is 5.91 Å². The van der Waals surface area contributed by atoms with Crippen LogP contribution in [-0.4, -0.2) is 24.0 Å². The van der Waals surface area contributed by atoms with Gasteiger partial charge in [-0.25, -0.2) is 0 Å². The van der Waals surface area contributed by atoms with Crippen LogP contribution in [0.15, 0.2) is 37.2 Å². The van der Waals surface area contributed by atoms with Gasteiger partial charge in [-0.2, -0.15) is 0 Å². The molecule has 4 heteroatoms. The van der Waals surface area contributed by atoms with Crippen LogP contribution in [0.25, 0.3) is 0 Å². The summed E-state index contributed by atoms with van der Waals surface area (Å²) in [6, 6.07) is 3.77. The number of nitrogens with two attached hydrogens (primary N) is 1. The summed E-state index contributed by atoms with van der Waals surface area (Å²) in [6.45, 7) is 4.48. The Labute approximate surface area is 95.6 Å². The molecule has 16 heavy (non-hydrogen) atoms. The van der Waals surface area contributed by atoms with Crippen molar-refractivity contribution in [3.8, 4) is 0 Å². The molecule has 1 unspecified atom stereocenters. The van der Waals surface area contributed by atoms with E-state index in [1.54, 1.807) is 18.5 Å². The Morgan fingerprint density at radius 2 is 2.25 bits per heavy atom. The van der Waals surface area contributed by atoms with Gasteiger partial charge in [-0.05, 0) is 24.2 Å². The molecule has 0 saturated carbocycles. The van der Waals surface area contributed by atoms with E-state index in [0.717, 1.165) is 5.56 Å². The summed E-state index contributed by atoms with van der Waals surface area (Å²) in [5.41, 5.74) is 6.71. The number of nitrogens with one attached hydrogen (secondary N) is 1. The van der Waals surface area contributed by atoms with Crippen LogP contribution in [-0.2, 0) is 4.79 Å². The van der Waals surface area contributed by atoms with Crippen LogP contribution in [0, 0.1) is 0 Å². The van der Waals surface area contributed by atoms with Crippen LogP contribution in [0.1, 0.15) is 17.9 Å². The molecule has 0 aliphatic carbocycles. The number of pyridine rings is 1. The molecule has 0 bridgehead atoms. The summed E-state index contributed by atoms with van der Waals surface area (Å²) in [7, 11) is 0. The molecule has 1 aromatic rings. The molecule has 3 N–H and O–H groups in total. The Kier molecular flexibility index (Phi) is 5.22. The molecule has 1 aromatic heterocycles. The monoisotopic (exact) mass is 219 g/mol. The molecule has 0 aliphatic heterocycles. The van der Waals surface area contributed by atoms with Crippen LogP contribution in [0.2, 0.25) is 0 Å². The van der Waals surface area contributed by atoms with Crippen LogP contribution in [0.3, 0.4) is 0 Å². The Morgan fingerprint density at radius 3 is 2.81 bits per heavy atom. The second kappa shape index (κ2) is 6.74. The number of rotatable bonds is 6. The van der Waals surface area contributed by atoms with Crippen molar-refractivity contribution in [3.05, 3.63) is 42.7 Å². The first-order valence-corrected chi connectivity index (χ1v) is 5.25. The number of carbonyl (C=O) groups is 1. The predicted octanol–water partition coefficient (Wildman–Crippen LogP) is 0.816. The van der Waals surface area contributed by atoms with Crippen LogP contribution in [0.4, 0.5) is 0 Å². The highest BCUT2D eigenvalue weighted by molar-refractivity contribution is 5.77. The Balaban J connectivity index is 2.55. The van der Waals surface area contributed by atoms with E-state index in [1.165, 1.54) is 0 Å². The van der Waals surface area contributed by atoms with Crippen molar-refractivity contribution in [2.24, 2.45) is 5.73 Å². The van der Waals surface area contributed by atoms with Crippen molar-refractivity contribution in [2.45, 2.75) is 12.3 Å². The molecule has 86 valence electrons. The van der Waals surface area contributed by atoms with E-state index in [9.17, 15) is 4.79 Å². The lowest BCUT2D eigenvalue weighted by atomic mass is 9.96. The van der Waals surface area contributed by atoms with Gasteiger partial charge in [0, 0.05) is 31.3 Å². The predicted molar refractivity (Wildman–Crippen MR) is 63.9 cm³/mol. The van der Waals surface area contributed by atoms with Gasteiger partial charge < -0.3 is 11.1 Å². The number of aromatic nitrogens is 1. The fraction of sp³-hybridized carbons (Fsp3) is 0.333. The van der Waals surface area contributed by atoms with Crippen molar-refractivity contribution in [1.29, 1.82) is 0 Å². The van der Waals surface area contributed by atoms with Crippen LogP contribution in [0.5, 0.6) is 0 Å². The highest BCUT2D eigenvalue weighted by atomic mass is 16.1. The Morgan fingerprint density at radius 1 is 1.56 bits per heavy atom. The standard InChI is InChI=1S/C12H17N3O/c1-2-5-15-12(16)8-11(9-13)10-3-6-14-7-4-10/h2-4,6-7,11H,1,5,8-9,13H2,(H,15,16). The summed E-state index contributed by atoms with van der Waals surface area (Å²) in [4.78, 5) is 15.5. The largest absolute Gasteiger partial charge is 0.353 e. The topological polar surface area (TPSA) is 68.0 Å².